The predicted molar refractivity (Wildman–Crippen MR) is 76.0 cm³/mol. The van der Waals surface area contributed by atoms with Gasteiger partial charge in [0.2, 0.25) is 0 Å². The molecule has 0 fully saturated rings. The molecule has 3 nitrogen and oxygen atoms in total. The molecular weight excluding hydrogens is 352 g/mol. The van der Waals surface area contributed by atoms with Crippen LogP contribution in [-0.2, 0) is 10.0 Å². The molecule has 0 saturated carbocycles. The quantitative estimate of drug-likeness (QED) is 0.902. The van der Waals surface area contributed by atoms with Gasteiger partial charge in [0, 0.05) is 4.47 Å². The molecule has 2 aromatic carbocycles. The number of halogens is 3. The lowest BCUT2D eigenvalue weighted by molar-refractivity contribution is 0.598. The molecule has 2 aromatic rings. The lowest BCUT2D eigenvalue weighted by Gasteiger charge is -2.11. The molecule has 106 valence electrons. The van der Waals surface area contributed by atoms with Crippen LogP contribution in [0.5, 0.6) is 0 Å². The van der Waals surface area contributed by atoms with Crippen molar-refractivity contribution in [1.82, 2.24) is 0 Å². The second kappa shape index (κ2) is 5.49. The van der Waals surface area contributed by atoms with Crippen molar-refractivity contribution in [2.24, 2.45) is 0 Å². The van der Waals surface area contributed by atoms with Crippen molar-refractivity contribution in [3.8, 4) is 0 Å². The Morgan fingerprint density at radius 1 is 1.05 bits per heavy atom. The van der Waals surface area contributed by atoms with Crippen molar-refractivity contribution in [1.29, 1.82) is 0 Å². The Balaban J connectivity index is 2.41. The molecule has 7 heteroatoms. The maximum atomic E-state index is 13.0. The highest BCUT2D eigenvalue weighted by Crippen LogP contribution is 2.26. The SMILES string of the molecule is Cc1cc(F)ccc1S(=O)(=O)Nc1ccc(F)cc1Br. The number of nitrogens with one attached hydrogen (secondary N) is 1. The van der Waals surface area contributed by atoms with Gasteiger partial charge in [0.05, 0.1) is 10.6 Å². The van der Waals surface area contributed by atoms with Gasteiger partial charge in [-0.15, -0.1) is 0 Å². The van der Waals surface area contributed by atoms with Crippen molar-refractivity contribution in [3.05, 3.63) is 58.1 Å². The van der Waals surface area contributed by atoms with E-state index in [0.717, 1.165) is 24.3 Å². The van der Waals surface area contributed by atoms with Crippen LogP contribution in [0.2, 0.25) is 0 Å². The highest BCUT2D eigenvalue weighted by Gasteiger charge is 2.18. The Bertz CT molecular complexity index is 763. The summed E-state index contributed by atoms with van der Waals surface area (Å²) in [6.07, 6.45) is 0. The number of hydrogen-bond donors (Lipinski definition) is 1. The van der Waals surface area contributed by atoms with E-state index in [1.807, 2.05) is 0 Å². The van der Waals surface area contributed by atoms with Gasteiger partial charge in [0.15, 0.2) is 0 Å². The molecule has 20 heavy (non-hydrogen) atoms. The fraction of sp³-hybridized carbons (Fsp3) is 0.0769. The standard InChI is InChI=1S/C13H10BrF2NO2S/c1-8-6-9(15)3-5-13(8)20(18,19)17-12-4-2-10(16)7-11(12)14/h2-7,17H,1H3. The van der Waals surface area contributed by atoms with E-state index in [2.05, 4.69) is 20.7 Å². The van der Waals surface area contributed by atoms with Crippen LogP contribution in [-0.4, -0.2) is 8.42 Å². The second-order valence-electron chi connectivity index (χ2n) is 4.14. The van der Waals surface area contributed by atoms with Gasteiger partial charge in [-0.25, -0.2) is 17.2 Å². The average molecular weight is 362 g/mol. The summed E-state index contributed by atoms with van der Waals surface area (Å²) in [5, 5.41) is 0. The van der Waals surface area contributed by atoms with Crippen LogP contribution >= 0.6 is 15.9 Å². The third-order valence-corrected chi connectivity index (χ3v) is 4.78. The monoisotopic (exact) mass is 361 g/mol. The Hall–Kier alpha value is -1.47. The van der Waals surface area contributed by atoms with E-state index < -0.39 is 21.7 Å². The van der Waals surface area contributed by atoms with Crippen LogP contribution in [0.15, 0.2) is 45.8 Å². The largest absolute Gasteiger partial charge is 0.278 e. The van der Waals surface area contributed by atoms with Crippen molar-refractivity contribution in [2.45, 2.75) is 11.8 Å². The summed E-state index contributed by atoms with van der Waals surface area (Å²) in [5.74, 6) is -0.998. The smallest absolute Gasteiger partial charge is 0.262 e. The molecule has 0 spiro atoms. The minimum absolute atomic E-state index is 0.0323. The van der Waals surface area contributed by atoms with Crippen LogP contribution < -0.4 is 4.72 Å². The lowest BCUT2D eigenvalue weighted by atomic mass is 10.2. The number of hydrogen-bond acceptors (Lipinski definition) is 2. The third-order valence-electron chi connectivity index (χ3n) is 2.60. The number of rotatable bonds is 3. The van der Waals surface area contributed by atoms with E-state index in [1.54, 1.807) is 0 Å². The Morgan fingerprint density at radius 2 is 1.65 bits per heavy atom. The normalized spacial score (nSPS) is 11.4. The van der Waals surface area contributed by atoms with E-state index in [0.29, 0.717) is 0 Å². The molecular formula is C13H10BrF2NO2S. The highest BCUT2D eigenvalue weighted by atomic mass is 79.9. The van der Waals surface area contributed by atoms with Crippen LogP contribution in [0.25, 0.3) is 0 Å². The van der Waals surface area contributed by atoms with E-state index >= 15 is 0 Å². The zero-order chi connectivity index (χ0) is 14.9. The first-order valence-corrected chi connectivity index (χ1v) is 7.81. The van der Waals surface area contributed by atoms with E-state index in [9.17, 15) is 17.2 Å². The first-order valence-electron chi connectivity index (χ1n) is 5.53. The molecule has 0 aromatic heterocycles. The summed E-state index contributed by atoms with van der Waals surface area (Å²) in [4.78, 5) is -0.0323. The summed E-state index contributed by atoms with van der Waals surface area (Å²) in [5.41, 5.74) is 0.492. The fourth-order valence-electron chi connectivity index (χ4n) is 1.69. The molecule has 1 N–H and O–H groups in total. The maximum absolute atomic E-state index is 13.0. The van der Waals surface area contributed by atoms with Gasteiger partial charge in [0.1, 0.15) is 11.6 Å². The van der Waals surface area contributed by atoms with Crippen molar-refractivity contribution in [2.75, 3.05) is 4.72 Å². The van der Waals surface area contributed by atoms with Gasteiger partial charge in [-0.2, -0.15) is 0 Å². The first-order chi connectivity index (χ1) is 9.29. The number of benzene rings is 2. The van der Waals surface area contributed by atoms with Crippen molar-refractivity contribution in [3.63, 3.8) is 0 Å². The predicted octanol–water partition coefficient (Wildman–Crippen LogP) is 3.84. The van der Waals surface area contributed by atoms with Crippen LogP contribution in [0.4, 0.5) is 14.5 Å². The van der Waals surface area contributed by atoms with Gasteiger partial charge in [-0.05, 0) is 64.8 Å². The Morgan fingerprint density at radius 3 is 2.25 bits per heavy atom. The molecule has 0 aliphatic carbocycles. The van der Waals surface area contributed by atoms with Crippen LogP contribution in [0.1, 0.15) is 5.56 Å². The molecule has 0 aliphatic rings. The number of aryl methyl sites for hydroxylation is 1. The molecule has 2 rings (SSSR count). The molecule has 0 bridgehead atoms. The zero-order valence-corrected chi connectivity index (χ0v) is 12.7. The summed E-state index contributed by atoms with van der Waals surface area (Å²) < 4.78 is 53.0. The Kier molecular flexibility index (Phi) is 4.10. The fourth-order valence-corrected chi connectivity index (χ4v) is 3.57. The minimum atomic E-state index is -3.87. The van der Waals surface area contributed by atoms with Gasteiger partial charge >= 0.3 is 0 Å². The third kappa shape index (κ3) is 3.16. The van der Waals surface area contributed by atoms with Crippen LogP contribution in [0.3, 0.4) is 0 Å². The molecule has 0 unspecified atom stereocenters. The van der Waals surface area contributed by atoms with Crippen molar-refractivity contribution >= 4 is 31.6 Å². The molecule has 0 atom stereocenters. The summed E-state index contributed by atoms with van der Waals surface area (Å²) in [7, 11) is -3.87. The summed E-state index contributed by atoms with van der Waals surface area (Å²) in [6.45, 7) is 1.50. The molecule has 0 aliphatic heterocycles. The molecule has 0 saturated heterocycles. The van der Waals surface area contributed by atoms with Crippen molar-refractivity contribution < 1.29 is 17.2 Å². The van der Waals surface area contributed by atoms with Gasteiger partial charge in [-0.3, -0.25) is 4.72 Å². The zero-order valence-electron chi connectivity index (χ0n) is 10.3. The number of anilines is 1. The first kappa shape index (κ1) is 14.9. The van der Waals surface area contributed by atoms with E-state index in [4.69, 9.17) is 0 Å². The molecule has 0 radical (unpaired) electrons. The summed E-state index contributed by atoms with van der Waals surface area (Å²) in [6, 6.07) is 6.98. The molecule has 0 amide bonds. The molecule has 0 heterocycles. The van der Waals surface area contributed by atoms with Gasteiger partial charge < -0.3 is 0 Å². The maximum Gasteiger partial charge on any atom is 0.262 e. The Labute approximate surface area is 123 Å². The minimum Gasteiger partial charge on any atom is -0.278 e. The number of sulfonamides is 1. The van der Waals surface area contributed by atoms with E-state index in [1.165, 1.54) is 19.1 Å². The highest BCUT2D eigenvalue weighted by molar-refractivity contribution is 9.10. The topological polar surface area (TPSA) is 46.2 Å². The van der Waals surface area contributed by atoms with Gasteiger partial charge in [0.25, 0.3) is 10.0 Å². The van der Waals surface area contributed by atoms with Crippen LogP contribution in [0, 0.1) is 18.6 Å². The average Bonchev–Trinajstić information content (AvgIpc) is 2.32. The second-order valence-corrected chi connectivity index (χ2v) is 6.64. The lowest BCUT2D eigenvalue weighted by Crippen LogP contribution is -2.14. The van der Waals surface area contributed by atoms with E-state index in [-0.39, 0.29) is 20.6 Å². The summed E-state index contributed by atoms with van der Waals surface area (Å²) >= 11 is 3.08. The van der Waals surface area contributed by atoms with Gasteiger partial charge in [-0.1, -0.05) is 0 Å².